The highest BCUT2D eigenvalue weighted by Gasteiger charge is 2.26. The molecule has 10 heteroatoms. The number of carbonyl (C=O) groups excluding carboxylic acids is 2. The Kier molecular flexibility index (Phi) is 7.96. The molecule has 2 N–H and O–H groups in total. The van der Waals surface area contributed by atoms with Crippen molar-refractivity contribution in [1.82, 2.24) is 0 Å². The highest BCUT2D eigenvalue weighted by atomic mass is 35.5. The van der Waals surface area contributed by atoms with E-state index in [0.29, 0.717) is 0 Å². The Morgan fingerprint density at radius 3 is 1.77 bits per heavy atom. The number of carbonyl (C=O) groups is 2. The van der Waals surface area contributed by atoms with E-state index in [2.05, 4.69) is 4.74 Å². The normalized spacial score (nSPS) is 10.1. The molecule has 0 atom stereocenters. The average molecular weight is 348 g/mol. The molecule has 0 aliphatic heterocycles. The van der Waals surface area contributed by atoms with Gasteiger partial charge in [0, 0.05) is 6.42 Å². The number of benzene rings is 1. The van der Waals surface area contributed by atoms with Crippen molar-refractivity contribution < 1.29 is 36.3 Å². The molecule has 1 rings (SSSR count). The van der Waals surface area contributed by atoms with Crippen LogP contribution in [0.5, 0.6) is 0 Å². The van der Waals surface area contributed by atoms with Crippen molar-refractivity contribution in [3.05, 3.63) is 34.6 Å². The third-order valence-corrected chi connectivity index (χ3v) is 2.51. The maximum atomic E-state index is 13.2. The Balaban J connectivity index is 0.00000441. The van der Waals surface area contributed by atoms with Gasteiger partial charge in [0.05, 0.1) is 18.5 Å². The van der Waals surface area contributed by atoms with E-state index in [1.165, 1.54) is 0 Å². The van der Waals surface area contributed by atoms with Crippen LogP contribution in [0.15, 0.2) is 0 Å². The van der Waals surface area contributed by atoms with Gasteiger partial charge in [0.15, 0.2) is 23.3 Å². The molecule has 0 radical (unpaired) electrons. The van der Waals surface area contributed by atoms with Crippen molar-refractivity contribution in [3.8, 4) is 0 Å². The first kappa shape index (κ1) is 20.3. The largest absolute Gasteiger partial charge is 0.461 e. The Hall–Kier alpha value is -1.74. The Labute approximate surface area is 127 Å². The second kappa shape index (κ2) is 8.64. The van der Waals surface area contributed by atoms with Gasteiger partial charge in [-0.2, -0.15) is 0 Å². The van der Waals surface area contributed by atoms with Crippen molar-refractivity contribution >= 4 is 24.2 Å². The number of ether oxygens (including phenoxy) is 1. The number of nitrogens with two attached hydrogens (primary N) is 1. The second-order valence-corrected chi connectivity index (χ2v) is 3.95. The first-order chi connectivity index (χ1) is 9.79. The number of esters is 1. The van der Waals surface area contributed by atoms with Crippen LogP contribution in [0.3, 0.4) is 0 Å². The van der Waals surface area contributed by atoms with Crippen LogP contribution in [-0.4, -0.2) is 18.3 Å². The second-order valence-electron chi connectivity index (χ2n) is 3.95. The summed E-state index contributed by atoms with van der Waals surface area (Å²) in [5.74, 6) is -12.2. The summed E-state index contributed by atoms with van der Waals surface area (Å²) < 4.78 is 69.3. The lowest BCUT2D eigenvalue weighted by Crippen LogP contribution is -2.16. The van der Waals surface area contributed by atoms with E-state index in [0.717, 1.165) is 0 Å². The van der Waals surface area contributed by atoms with E-state index < -0.39 is 59.4 Å². The zero-order valence-corrected chi connectivity index (χ0v) is 11.7. The maximum Gasteiger partial charge on any atom is 0.306 e. The number of hydrogen-bond acceptors (Lipinski definition) is 4. The third-order valence-electron chi connectivity index (χ3n) is 2.51. The molecule has 0 spiro atoms. The van der Waals surface area contributed by atoms with Gasteiger partial charge >= 0.3 is 5.97 Å². The molecule has 0 aliphatic rings. The summed E-state index contributed by atoms with van der Waals surface area (Å²) in [6.45, 7) is -1.42. The van der Waals surface area contributed by atoms with Crippen molar-refractivity contribution in [2.45, 2.75) is 19.4 Å². The van der Waals surface area contributed by atoms with Crippen LogP contribution in [0.1, 0.15) is 18.4 Å². The molecule has 0 amide bonds. The SMILES string of the molecule is Cl.NCC(=O)CCC(=O)OCc1c(F)c(F)c(F)c(F)c1F. The third kappa shape index (κ3) is 4.63. The molecular weight excluding hydrogens is 337 g/mol. The topological polar surface area (TPSA) is 69.4 Å². The van der Waals surface area contributed by atoms with Crippen LogP contribution in [0.2, 0.25) is 0 Å². The summed E-state index contributed by atoms with van der Waals surface area (Å²) in [6, 6.07) is 0. The molecule has 0 bridgehead atoms. The molecule has 0 heterocycles. The predicted octanol–water partition coefficient (Wildman–Crippen LogP) is 2.16. The quantitative estimate of drug-likeness (QED) is 0.370. The molecule has 124 valence electrons. The van der Waals surface area contributed by atoms with Gasteiger partial charge in [0.25, 0.3) is 0 Å². The van der Waals surface area contributed by atoms with E-state index in [1.807, 2.05) is 0 Å². The van der Waals surface area contributed by atoms with Gasteiger partial charge in [-0.1, -0.05) is 0 Å². The predicted molar refractivity (Wildman–Crippen MR) is 66.6 cm³/mol. The van der Waals surface area contributed by atoms with Gasteiger partial charge in [0.2, 0.25) is 5.82 Å². The number of Topliss-reactive ketones (excluding diaryl/α,β-unsaturated/α-hetero) is 1. The van der Waals surface area contributed by atoms with E-state index in [4.69, 9.17) is 5.73 Å². The minimum absolute atomic E-state index is 0. The van der Waals surface area contributed by atoms with Crippen molar-refractivity contribution in [2.75, 3.05) is 6.54 Å². The zero-order chi connectivity index (χ0) is 16.2. The number of hydrogen-bond donors (Lipinski definition) is 1. The molecule has 0 aromatic heterocycles. The lowest BCUT2D eigenvalue weighted by atomic mass is 10.2. The highest BCUT2D eigenvalue weighted by molar-refractivity contribution is 5.85. The molecule has 0 fully saturated rings. The summed E-state index contributed by atoms with van der Waals surface area (Å²) >= 11 is 0. The van der Waals surface area contributed by atoms with E-state index >= 15 is 0 Å². The van der Waals surface area contributed by atoms with Crippen LogP contribution in [0, 0.1) is 29.1 Å². The smallest absolute Gasteiger partial charge is 0.306 e. The first-order valence-electron chi connectivity index (χ1n) is 5.67. The van der Waals surface area contributed by atoms with E-state index in [1.54, 1.807) is 0 Å². The Morgan fingerprint density at radius 2 is 1.32 bits per heavy atom. The number of halogens is 6. The van der Waals surface area contributed by atoms with Crippen LogP contribution >= 0.6 is 12.4 Å². The van der Waals surface area contributed by atoms with Crippen molar-refractivity contribution in [3.63, 3.8) is 0 Å². The monoisotopic (exact) mass is 347 g/mol. The van der Waals surface area contributed by atoms with Crippen molar-refractivity contribution in [1.29, 1.82) is 0 Å². The molecular formula is C12H11ClF5NO3. The lowest BCUT2D eigenvalue weighted by Gasteiger charge is -2.09. The van der Waals surface area contributed by atoms with E-state index in [-0.39, 0.29) is 25.4 Å². The zero-order valence-electron chi connectivity index (χ0n) is 10.9. The number of rotatable bonds is 6. The molecule has 0 saturated heterocycles. The summed E-state index contributed by atoms with van der Waals surface area (Å²) in [6.07, 6.45) is -0.655. The average Bonchev–Trinajstić information content (AvgIpc) is 2.48. The maximum absolute atomic E-state index is 13.2. The van der Waals surface area contributed by atoms with Crippen LogP contribution in [0.25, 0.3) is 0 Å². The van der Waals surface area contributed by atoms with Crippen LogP contribution in [-0.2, 0) is 20.9 Å². The van der Waals surface area contributed by atoms with Gasteiger partial charge in [-0.15, -0.1) is 12.4 Å². The minimum Gasteiger partial charge on any atom is -0.461 e. The standard InChI is InChI=1S/C12H10F5NO3.ClH/c13-8-6(9(14)11(16)12(17)10(8)15)4-21-7(20)2-1-5(19)3-18;/h1-4,18H2;1H. The molecule has 4 nitrogen and oxygen atoms in total. The fourth-order valence-corrected chi connectivity index (χ4v) is 1.35. The first-order valence-corrected chi connectivity index (χ1v) is 5.67. The highest BCUT2D eigenvalue weighted by Crippen LogP contribution is 2.23. The molecule has 22 heavy (non-hydrogen) atoms. The van der Waals surface area contributed by atoms with Crippen LogP contribution < -0.4 is 5.73 Å². The summed E-state index contributed by atoms with van der Waals surface area (Å²) in [7, 11) is 0. The summed E-state index contributed by atoms with van der Waals surface area (Å²) in [5.41, 5.74) is 3.73. The van der Waals surface area contributed by atoms with Gasteiger partial charge in [0.1, 0.15) is 12.4 Å². The summed E-state index contributed by atoms with van der Waals surface area (Å²) in [5, 5.41) is 0. The summed E-state index contributed by atoms with van der Waals surface area (Å²) in [4.78, 5) is 22.0. The Morgan fingerprint density at radius 1 is 0.864 bits per heavy atom. The Bertz CT molecular complexity index is 553. The van der Waals surface area contributed by atoms with Crippen LogP contribution in [0.4, 0.5) is 22.0 Å². The molecule has 0 aliphatic carbocycles. The lowest BCUT2D eigenvalue weighted by molar-refractivity contribution is -0.146. The van der Waals surface area contributed by atoms with Crippen molar-refractivity contribution in [2.24, 2.45) is 5.73 Å². The molecule has 0 saturated carbocycles. The minimum atomic E-state index is -2.30. The number of ketones is 1. The molecule has 1 aromatic carbocycles. The van der Waals surface area contributed by atoms with Gasteiger partial charge in [-0.25, -0.2) is 22.0 Å². The fraction of sp³-hybridized carbons (Fsp3) is 0.333. The van der Waals surface area contributed by atoms with Gasteiger partial charge < -0.3 is 10.5 Å². The molecule has 1 aromatic rings. The van der Waals surface area contributed by atoms with Gasteiger partial charge in [-0.05, 0) is 0 Å². The van der Waals surface area contributed by atoms with E-state index in [9.17, 15) is 31.5 Å². The van der Waals surface area contributed by atoms with Gasteiger partial charge in [-0.3, -0.25) is 9.59 Å². The molecule has 0 unspecified atom stereocenters. The fourth-order valence-electron chi connectivity index (χ4n) is 1.35.